The molecule has 1 N–H and O–H groups in total. The molecule has 5 aromatic rings. The Morgan fingerprint density at radius 2 is 1.34 bits per heavy atom. The third-order valence-electron chi connectivity index (χ3n) is 13.8. The Kier molecular flexibility index (Phi) is 19.6. The van der Waals surface area contributed by atoms with Gasteiger partial charge in [-0.2, -0.15) is 10.2 Å². The van der Waals surface area contributed by atoms with E-state index in [1.165, 1.54) is 73.3 Å². The molecular formula is C59H73N8O8P. The number of anilines is 3. The van der Waals surface area contributed by atoms with E-state index in [1.54, 1.807) is 24.3 Å². The SMILES string of the molecule is CCN1c2ccccc2CC(C)(C)C1/C=C/C=C/C=C1/N(CCCCCOP(C)(=O)OCCN(CCO)c2ccc(/N=N/c3cc(OC)c(/N=N/c4ccc([N+](=O)[O-])cc4)cc3OC)cc2)c2ccccc2CC1(C)C. The molecule has 0 aliphatic carbocycles. The van der Waals surface area contributed by atoms with Crippen LogP contribution in [0.25, 0.3) is 0 Å². The van der Waals surface area contributed by atoms with Gasteiger partial charge in [-0.1, -0.05) is 88.4 Å². The Labute approximate surface area is 448 Å². The van der Waals surface area contributed by atoms with Gasteiger partial charge < -0.3 is 38.3 Å². The van der Waals surface area contributed by atoms with E-state index in [9.17, 15) is 19.8 Å². The maximum Gasteiger partial charge on any atom is 0.327 e. The first-order chi connectivity index (χ1) is 36.6. The van der Waals surface area contributed by atoms with Crippen LogP contribution in [0.15, 0.2) is 166 Å². The highest BCUT2D eigenvalue weighted by Crippen LogP contribution is 2.46. The molecule has 0 radical (unpaired) electrons. The molecule has 17 heteroatoms. The minimum absolute atomic E-state index is 0.0473. The predicted molar refractivity (Wildman–Crippen MR) is 304 cm³/mol. The molecule has 76 heavy (non-hydrogen) atoms. The summed E-state index contributed by atoms with van der Waals surface area (Å²) < 4.78 is 36.2. The molecule has 7 rings (SSSR count). The number of methoxy groups -OCH3 is 2. The maximum atomic E-state index is 13.4. The molecule has 0 saturated heterocycles. The van der Waals surface area contributed by atoms with Gasteiger partial charge in [-0.15, -0.1) is 10.2 Å². The van der Waals surface area contributed by atoms with E-state index in [4.69, 9.17) is 18.5 Å². The summed E-state index contributed by atoms with van der Waals surface area (Å²) in [6, 6.07) is 34.1. The number of likely N-dealkylation sites (N-methyl/N-ethyl adjacent to an activating group) is 1. The van der Waals surface area contributed by atoms with Crippen molar-refractivity contribution >= 4 is 53.1 Å². The van der Waals surface area contributed by atoms with Crippen LogP contribution in [0.4, 0.5) is 45.5 Å². The van der Waals surface area contributed by atoms with Crippen molar-refractivity contribution in [2.45, 2.75) is 72.8 Å². The minimum Gasteiger partial charge on any atom is -0.494 e. The van der Waals surface area contributed by atoms with Crippen LogP contribution in [-0.4, -0.2) is 83.0 Å². The van der Waals surface area contributed by atoms with E-state index >= 15 is 0 Å². The third kappa shape index (κ3) is 14.7. The number of benzene rings is 5. The fourth-order valence-electron chi connectivity index (χ4n) is 10.0. The highest BCUT2D eigenvalue weighted by atomic mass is 31.2. The molecule has 0 spiro atoms. The molecule has 2 unspecified atom stereocenters. The van der Waals surface area contributed by atoms with Crippen molar-refractivity contribution in [2.24, 2.45) is 31.3 Å². The number of rotatable bonds is 25. The normalized spacial score (nSPS) is 17.4. The van der Waals surface area contributed by atoms with Crippen molar-refractivity contribution in [3.8, 4) is 11.5 Å². The molecule has 2 aliphatic heterocycles. The van der Waals surface area contributed by atoms with E-state index in [1.807, 2.05) is 17.0 Å². The number of non-ortho nitro benzene ring substituents is 1. The number of unbranched alkanes of at least 4 members (excludes halogenated alkanes) is 2. The number of fused-ring (bicyclic) bond motifs is 2. The van der Waals surface area contributed by atoms with Gasteiger partial charge in [-0.3, -0.25) is 14.7 Å². The Balaban J connectivity index is 0.887. The Morgan fingerprint density at radius 1 is 0.750 bits per heavy atom. The van der Waals surface area contributed by atoms with Gasteiger partial charge >= 0.3 is 7.60 Å². The molecule has 0 fully saturated rings. The third-order valence-corrected chi connectivity index (χ3v) is 15.1. The first-order valence-electron chi connectivity index (χ1n) is 26.0. The molecule has 0 bridgehead atoms. The van der Waals surface area contributed by atoms with E-state index < -0.39 is 12.5 Å². The topological polar surface area (TPSA) is 177 Å². The van der Waals surface area contributed by atoms with Gasteiger partial charge in [0.2, 0.25) is 0 Å². The summed E-state index contributed by atoms with van der Waals surface area (Å²) in [4.78, 5) is 17.5. The monoisotopic (exact) mass is 1050 g/mol. The zero-order valence-electron chi connectivity index (χ0n) is 45.2. The van der Waals surface area contributed by atoms with Gasteiger partial charge in [0.15, 0.2) is 0 Å². The summed E-state index contributed by atoms with van der Waals surface area (Å²) in [6.07, 6.45) is 15.8. The van der Waals surface area contributed by atoms with Crippen molar-refractivity contribution < 1.29 is 33.1 Å². The van der Waals surface area contributed by atoms with Crippen LogP contribution >= 0.6 is 7.60 Å². The first kappa shape index (κ1) is 56.8. The van der Waals surface area contributed by atoms with Crippen molar-refractivity contribution in [3.63, 3.8) is 0 Å². The second kappa shape index (κ2) is 26.2. The molecule has 2 heterocycles. The van der Waals surface area contributed by atoms with Crippen molar-refractivity contribution in [1.82, 2.24) is 0 Å². The van der Waals surface area contributed by atoms with Gasteiger partial charge in [-0.25, -0.2) is 0 Å². The van der Waals surface area contributed by atoms with Gasteiger partial charge in [0.05, 0.1) is 56.4 Å². The van der Waals surface area contributed by atoms with Gasteiger partial charge in [0.1, 0.15) is 22.9 Å². The summed E-state index contributed by atoms with van der Waals surface area (Å²) in [5.74, 6) is 0.738. The number of ether oxygens (including phenoxy) is 2. The Hall–Kier alpha value is -6.97. The van der Waals surface area contributed by atoms with Crippen LogP contribution in [0.3, 0.4) is 0 Å². The Bertz CT molecular complexity index is 2960. The molecule has 402 valence electrons. The molecular weight excluding hydrogens is 980 g/mol. The number of nitro groups is 1. The van der Waals surface area contributed by atoms with Crippen LogP contribution < -0.4 is 24.2 Å². The first-order valence-corrected chi connectivity index (χ1v) is 28.0. The molecule has 2 atom stereocenters. The van der Waals surface area contributed by atoms with Gasteiger partial charge in [0, 0.05) is 85.3 Å². The molecule has 0 amide bonds. The highest BCUT2D eigenvalue weighted by Gasteiger charge is 2.38. The standard InChI is InChI=1S/C59H73N8O8P/c1-9-65-52-22-16-14-20-44(52)42-58(2,3)56(65)24-12-10-13-25-57-59(4,5)43-45-21-15-17-23-53(45)66(57)34-18-11-19-38-74-76(8,71)75-39-36-64(35-37-68)48-30-26-46(27-31-48)60-62-50-40-55(73-7)51(41-54(50)72-6)63-61-47-28-32-49(33-29-47)67(69)70/h10,12-17,20-33,40-41,56,68H,9,11,18-19,34-39,42-43H2,1-8H3/b13-10+,24-12+,57-25+,62-60+,63-61+. The fraction of sp³-hybridized carbons (Fsp3) is 0.390. The number of nitro benzene ring substituents is 1. The van der Waals surface area contributed by atoms with E-state index in [0.717, 1.165) is 50.9 Å². The summed E-state index contributed by atoms with van der Waals surface area (Å²) in [5.41, 5.74) is 9.20. The second-order valence-electron chi connectivity index (χ2n) is 20.3. The quantitative estimate of drug-likeness (QED) is 0.0147. The summed E-state index contributed by atoms with van der Waals surface area (Å²) in [5, 5.41) is 38.1. The van der Waals surface area contributed by atoms with E-state index in [0.29, 0.717) is 60.0 Å². The molecule has 0 saturated carbocycles. The number of azo groups is 2. The lowest BCUT2D eigenvalue weighted by Gasteiger charge is -2.47. The number of hydrogen-bond acceptors (Lipinski definition) is 15. The molecule has 0 aromatic heterocycles. The number of allylic oxidation sites excluding steroid dienone is 5. The van der Waals surface area contributed by atoms with E-state index in [2.05, 4.69) is 144 Å². The molecule has 2 aliphatic rings. The van der Waals surface area contributed by atoms with Crippen LogP contribution in [0.5, 0.6) is 11.5 Å². The number of aliphatic hydroxyl groups excluding tert-OH is 1. The minimum atomic E-state index is -3.35. The summed E-state index contributed by atoms with van der Waals surface area (Å²) >= 11 is 0. The maximum absolute atomic E-state index is 13.4. The average Bonchev–Trinajstić information content (AvgIpc) is 3.41. The number of nitrogens with zero attached hydrogens (tertiary/aromatic N) is 8. The smallest absolute Gasteiger partial charge is 0.327 e. The summed E-state index contributed by atoms with van der Waals surface area (Å²) in [6.45, 7) is 16.0. The van der Waals surface area contributed by atoms with Crippen LogP contribution in [0.1, 0.15) is 65.0 Å². The molecule has 16 nitrogen and oxygen atoms in total. The van der Waals surface area contributed by atoms with Crippen molar-refractivity contribution in [2.75, 3.05) is 81.6 Å². The van der Waals surface area contributed by atoms with E-state index in [-0.39, 0.29) is 29.7 Å². The van der Waals surface area contributed by atoms with Crippen LogP contribution in [0.2, 0.25) is 0 Å². The number of aliphatic hydroxyl groups is 1. The lowest BCUT2D eigenvalue weighted by molar-refractivity contribution is -0.384. The Morgan fingerprint density at radius 3 is 1.95 bits per heavy atom. The lowest BCUT2D eigenvalue weighted by Crippen LogP contribution is -2.49. The average molecular weight is 1050 g/mol. The highest BCUT2D eigenvalue weighted by molar-refractivity contribution is 7.52. The predicted octanol–water partition coefficient (Wildman–Crippen LogP) is 14.8. The van der Waals surface area contributed by atoms with Crippen LogP contribution in [-0.2, 0) is 26.5 Å². The molecule has 5 aromatic carbocycles. The van der Waals surface area contributed by atoms with Gasteiger partial charge in [-0.05, 0) is 110 Å². The zero-order valence-corrected chi connectivity index (χ0v) is 46.1. The van der Waals surface area contributed by atoms with Gasteiger partial charge in [0.25, 0.3) is 5.69 Å². The summed E-state index contributed by atoms with van der Waals surface area (Å²) in [7, 11) is -0.362. The number of hydrogen-bond donors (Lipinski definition) is 1. The largest absolute Gasteiger partial charge is 0.494 e. The zero-order chi connectivity index (χ0) is 54.3. The second-order valence-corrected chi connectivity index (χ2v) is 22.3. The lowest BCUT2D eigenvalue weighted by atomic mass is 9.74. The fourth-order valence-corrected chi connectivity index (χ4v) is 10.9. The van der Waals surface area contributed by atoms with Crippen molar-refractivity contribution in [1.29, 1.82) is 0 Å². The van der Waals surface area contributed by atoms with Crippen molar-refractivity contribution in [3.05, 3.63) is 167 Å². The van der Waals surface area contributed by atoms with Crippen LogP contribution in [0, 0.1) is 20.9 Å². The number of para-hydroxylation sites is 2.